The number of hydrogen-bond acceptors (Lipinski definition) is 7. The Bertz CT molecular complexity index is 1480. The van der Waals surface area contributed by atoms with Gasteiger partial charge < -0.3 is 26.2 Å². The molecule has 1 aromatic heterocycles. The summed E-state index contributed by atoms with van der Waals surface area (Å²) in [5.74, 6) is -2.96. The Morgan fingerprint density at radius 1 is 1.08 bits per heavy atom. The number of primary amides is 1. The number of phenolic OH excluding ortho intramolecular Hbond substituents is 1. The average molecular weight is 520 g/mol. The third-order valence-electron chi connectivity index (χ3n) is 6.06. The molecule has 2 amide bonds. The molecule has 6 N–H and O–H groups in total. The fraction of sp³-hybridized carbons (Fsp3) is 0.185. The van der Waals surface area contributed by atoms with E-state index in [1.807, 2.05) is 18.2 Å². The van der Waals surface area contributed by atoms with Crippen LogP contribution in [0.1, 0.15) is 43.1 Å². The van der Waals surface area contributed by atoms with Crippen LogP contribution in [0.5, 0.6) is 11.5 Å². The number of halogens is 1. The second-order valence-electron chi connectivity index (χ2n) is 8.58. The molecule has 1 aliphatic heterocycles. The van der Waals surface area contributed by atoms with Gasteiger partial charge in [0.25, 0.3) is 5.91 Å². The van der Waals surface area contributed by atoms with Crippen molar-refractivity contribution in [3.8, 4) is 11.5 Å². The van der Waals surface area contributed by atoms with Gasteiger partial charge in [0, 0.05) is 34.7 Å². The fourth-order valence-electron chi connectivity index (χ4n) is 3.98. The summed E-state index contributed by atoms with van der Waals surface area (Å²) in [7, 11) is 1.26. The number of ether oxygens (including phenoxy) is 1. The number of rotatable bonds is 6. The second-order valence-corrected chi connectivity index (χ2v) is 8.58. The number of ketones is 1. The molecule has 10 nitrogen and oxygen atoms in total. The molecule has 1 fully saturated rings. The lowest BCUT2D eigenvalue weighted by atomic mass is 10.00. The van der Waals surface area contributed by atoms with Gasteiger partial charge in [-0.25, -0.2) is 4.39 Å². The summed E-state index contributed by atoms with van der Waals surface area (Å²) >= 11 is 0. The summed E-state index contributed by atoms with van der Waals surface area (Å²) in [6.45, 7) is 1.84. The van der Waals surface area contributed by atoms with E-state index < -0.39 is 28.8 Å². The summed E-state index contributed by atoms with van der Waals surface area (Å²) in [5, 5.41) is 23.8. The lowest BCUT2D eigenvalue weighted by Gasteiger charge is -2.11. The van der Waals surface area contributed by atoms with Crippen LogP contribution in [0.4, 0.5) is 4.39 Å². The minimum atomic E-state index is -0.943. The van der Waals surface area contributed by atoms with Gasteiger partial charge >= 0.3 is 0 Å². The molecule has 5 rings (SSSR count). The first-order chi connectivity index (χ1) is 18.3. The lowest BCUT2D eigenvalue weighted by molar-refractivity contribution is 0.0938. The highest BCUT2D eigenvalue weighted by Gasteiger charge is 2.22. The van der Waals surface area contributed by atoms with Gasteiger partial charge in [-0.05, 0) is 49.4 Å². The number of methoxy groups -OCH3 is 1. The molecule has 2 heterocycles. The molecule has 11 heteroatoms. The van der Waals surface area contributed by atoms with Crippen LogP contribution in [0.2, 0.25) is 0 Å². The highest BCUT2D eigenvalue weighted by atomic mass is 19.1. The van der Waals surface area contributed by atoms with Crippen LogP contribution >= 0.6 is 0 Å². The molecule has 196 valence electrons. The van der Waals surface area contributed by atoms with E-state index in [0.717, 1.165) is 30.4 Å². The van der Waals surface area contributed by atoms with Gasteiger partial charge in [0.2, 0.25) is 5.91 Å². The molecule has 38 heavy (non-hydrogen) atoms. The maximum atomic E-state index is 14.1. The maximum Gasteiger partial charge on any atom is 0.251 e. The summed E-state index contributed by atoms with van der Waals surface area (Å²) in [5.41, 5.74) is 6.51. The molecule has 0 spiro atoms. The zero-order chi connectivity index (χ0) is 27.2. The Balaban J connectivity index is 0.000000180. The average Bonchev–Trinajstić information content (AvgIpc) is 3.61. The first kappa shape index (κ1) is 26.3. The van der Waals surface area contributed by atoms with Gasteiger partial charge in [-0.1, -0.05) is 18.2 Å². The molecule has 0 bridgehead atoms. The third kappa shape index (κ3) is 5.79. The largest absolute Gasteiger partial charge is 0.507 e. The smallest absolute Gasteiger partial charge is 0.251 e. The third-order valence-corrected chi connectivity index (χ3v) is 6.06. The van der Waals surface area contributed by atoms with Crippen molar-refractivity contribution in [2.75, 3.05) is 20.2 Å². The first-order valence-corrected chi connectivity index (χ1v) is 11.7. The van der Waals surface area contributed by atoms with E-state index in [0.29, 0.717) is 5.56 Å². The van der Waals surface area contributed by atoms with Gasteiger partial charge in [-0.3, -0.25) is 19.5 Å². The molecular formula is C27H26FN5O5. The van der Waals surface area contributed by atoms with Crippen LogP contribution in [-0.4, -0.2) is 59.1 Å². The minimum absolute atomic E-state index is 0.0183. The number of nitrogens with zero attached hydrogens (tertiary/aromatic N) is 1. The molecule has 0 saturated carbocycles. The predicted molar refractivity (Wildman–Crippen MR) is 138 cm³/mol. The molecule has 4 aromatic rings. The van der Waals surface area contributed by atoms with Gasteiger partial charge in [0.15, 0.2) is 17.3 Å². The zero-order valence-corrected chi connectivity index (χ0v) is 20.5. The van der Waals surface area contributed by atoms with E-state index in [1.54, 1.807) is 6.20 Å². The van der Waals surface area contributed by atoms with E-state index >= 15 is 0 Å². The predicted octanol–water partition coefficient (Wildman–Crippen LogP) is 2.52. The highest BCUT2D eigenvalue weighted by molar-refractivity contribution is 6.11. The Kier molecular flexibility index (Phi) is 7.97. The number of carbonyl (C=O) groups excluding carboxylic acids is 3. The topological polar surface area (TPSA) is 159 Å². The van der Waals surface area contributed by atoms with E-state index in [2.05, 4.69) is 20.8 Å². The monoisotopic (exact) mass is 519 g/mol. The molecule has 3 aromatic carbocycles. The summed E-state index contributed by atoms with van der Waals surface area (Å²) in [6.07, 6.45) is 2.75. The van der Waals surface area contributed by atoms with Crippen LogP contribution in [0.15, 0.2) is 60.8 Å². The molecular weight excluding hydrogens is 493 g/mol. The highest BCUT2D eigenvalue weighted by Crippen LogP contribution is 2.30. The van der Waals surface area contributed by atoms with Crippen LogP contribution in [0.3, 0.4) is 0 Å². The number of hydrogen-bond donors (Lipinski definition) is 5. The van der Waals surface area contributed by atoms with E-state index in [-0.39, 0.29) is 28.8 Å². The number of aromatic nitrogens is 2. The lowest BCUT2D eigenvalue weighted by Crippen LogP contribution is -2.36. The first-order valence-electron chi connectivity index (χ1n) is 11.7. The van der Waals surface area contributed by atoms with Crippen molar-refractivity contribution in [2.45, 2.75) is 12.5 Å². The maximum absolute atomic E-state index is 14.1. The number of aromatic amines is 1. The summed E-state index contributed by atoms with van der Waals surface area (Å²) in [4.78, 5) is 35.2. The number of H-pyrrole nitrogens is 1. The Morgan fingerprint density at radius 3 is 2.45 bits per heavy atom. The minimum Gasteiger partial charge on any atom is -0.507 e. The number of nitrogens with one attached hydrogen (secondary N) is 3. The van der Waals surface area contributed by atoms with Gasteiger partial charge in [-0.2, -0.15) is 5.10 Å². The second kappa shape index (κ2) is 11.5. The van der Waals surface area contributed by atoms with Crippen LogP contribution in [0, 0.1) is 5.82 Å². The van der Waals surface area contributed by atoms with Crippen molar-refractivity contribution in [3.63, 3.8) is 0 Å². The van der Waals surface area contributed by atoms with Crippen LogP contribution < -0.4 is 21.1 Å². The van der Waals surface area contributed by atoms with Crippen molar-refractivity contribution in [2.24, 2.45) is 5.73 Å². The number of carbonyl (C=O) groups is 3. The number of benzene rings is 3. The number of aromatic hydroxyl groups is 1. The van der Waals surface area contributed by atoms with Crippen molar-refractivity contribution in [1.82, 2.24) is 20.8 Å². The van der Waals surface area contributed by atoms with Crippen molar-refractivity contribution in [3.05, 3.63) is 88.9 Å². The number of phenols is 1. The van der Waals surface area contributed by atoms with Crippen molar-refractivity contribution < 1.29 is 28.6 Å². The summed E-state index contributed by atoms with van der Waals surface area (Å²) < 4.78 is 18.9. The summed E-state index contributed by atoms with van der Waals surface area (Å²) in [6, 6.07) is 13.6. The number of nitrogens with two attached hydrogens (primary N) is 1. The molecule has 1 atom stereocenters. The SMILES string of the molecule is COc1ccc(O)c(C(=O)c2ccc(C(N)=O)cc2)c1F.O=C(N[C@H]1CCNC1)c1ccc2cn[nH]c2c1. The normalized spacial score (nSPS) is 14.4. The van der Waals surface area contributed by atoms with E-state index in [4.69, 9.17) is 10.5 Å². The van der Waals surface area contributed by atoms with Crippen molar-refractivity contribution in [1.29, 1.82) is 0 Å². The van der Waals surface area contributed by atoms with Gasteiger partial charge in [0.1, 0.15) is 11.3 Å². The molecule has 0 aliphatic carbocycles. The molecule has 0 unspecified atom stereocenters. The standard InChI is InChI=1S/C15H12FNO4.C12H14N4O/c1-21-11-7-6-10(18)12(13(11)16)14(19)8-2-4-9(5-3-8)15(17)20;17-12(15-10-3-4-13-7-10)8-1-2-9-6-14-16-11(9)5-8/h2-7,18H,1H3,(H2,17,20);1-2,5-6,10,13H,3-4,7H2,(H,14,16)(H,15,17)/t;10-/m.0/s1. The Hall–Kier alpha value is -4.77. The van der Waals surface area contributed by atoms with Gasteiger partial charge in [-0.15, -0.1) is 0 Å². The van der Waals surface area contributed by atoms with Crippen LogP contribution in [-0.2, 0) is 0 Å². The number of amides is 2. The molecule has 1 aliphatic rings. The quantitative estimate of drug-likeness (QED) is 0.245. The Morgan fingerprint density at radius 2 is 1.79 bits per heavy atom. The van der Waals surface area contributed by atoms with E-state index in [9.17, 15) is 23.9 Å². The fourth-order valence-corrected chi connectivity index (χ4v) is 3.98. The van der Waals surface area contributed by atoms with Crippen LogP contribution in [0.25, 0.3) is 10.9 Å². The van der Waals surface area contributed by atoms with Crippen molar-refractivity contribution >= 4 is 28.5 Å². The van der Waals surface area contributed by atoms with Gasteiger partial charge in [0.05, 0.1) is 18.8 Å². The zero-order valence-electron chi connectivity index (χ0n) is 20.5. The molecule has 1 saturated heterocycles. The van der Waals surface area contributed by atoms with E-state index in [1.165, 1.54) is 43.5 Å². The Labute approximate surface area is 217 Å². The number of fused-ring (bicyclic) bond motifs is 1. The molecule has 0 radical (unpaired) electrons.